The van der Waals surface area contributed by atoms with Crippen LogP contribution in [0.25, 0.3) is 0 Å². The molecule has 2 aliphatic heterocycles. The van der Waals surface area contributed by atoms with Crippen LogP contribution in [0.4, 0.5) is 11.4 Å². The Labute approximate surface area is 187 Å². The van der Waals surface area contributed by atoms with Gasteiger partial charge >= 0.3 is 5.97 Å². The zero-order valence-electron chi connectivity index (χ0n) is 18.4. The maximum absolute atomic E-state index is 12.6. The van der Waals surface area contributed by atoms with Crippen LogP contribution >= 0.6 is 0 Å². The van der Waals surface area contributed by atoms with Crippen LogP contribution in [0.5, 0.6) is 0 Å². The third kappa shape index (κ3) is 3.93. The summed E-state index contributed by atoms with van der Waals surface area (Å²) in [4.78, 5) is 39.3. The number of likely N-dealkylation sites (N-methyl/N-ethyl adjacent to an activating group) is 1. The second-order valence-corrected chi connectivity index (χ2v) is 8.36. The van der Waals surface area contributed by atoms with E-state index in [0.717, 1.165) is 16.9 Å². The van der Waals surface area contributed by atoms with E-state index in [9.17, 15) is 14.4 Å². The Morgan fingerprint density at radius 1 is 1.06 bits per heavy atom. The van der Waals surface area contributed by atoms with Gasteiger partial charge in [-0.2, -0.15) is 5.10 Å². The lowest BCUT2D eigenvalue weighted by Gasteiger charge is -2.24. The number of benzene rings is 2. The number of hydrogen-bond donors (Lipinski definition) is 0. The molecule has 0 N–H and O–H groups in total. The summed E-state index contributed by atoms with van der Waals surface area (Å²) in [6.45, 7) is 3.74. The summed E-state index contributed by atoms with van der Waals surface area (Å²) in [5, 5.41) is 5.37. The lowest BCUT2D eigenvalue weighted by atomic mass is 9.83. The molecule has 0 fully saturated rings. The highest BCUT2D eigenvalue weighted by molar-refractivity contribution is 6.38. The Hall–Kier alpha value is -3.74. The maximum atomic E-state index is 12.6. The van der Waals surface area contributed by atoms with E-state index in [2.05, 4.69) is 25.0 Å². The molecule has 2 aromatic carbocycles. The number of para-hydroxylation sites is 2. The van der Waals surface area contributed by atoms with Gasteiger partial charge in [-0.1, -0.05) is 50.2 Å². The van der Waals surface area contributed by atoms with E-state index in [1.165, 1.54) is 11.1 Å². The number of anilines is 2. The van der Waals surface area contributed by atoms with E-state index < -0.39 is 5.97 Å². The minimum absolute atomic E-state index is 0.125. The standard InChI is InChI=1S/C25H25N3O4/c1-25(2)19-11-7-8-12-21(19)27(3)22(25)15-18(29)16-32-24(31)20-13-14-23(30)28(26-20)17-9-5-4-6-10-17/h4-12,15H,13-14,16H2,1-3H3. The van der Waals surface area contributed by atoms with Crippen molar-refractivity contribution in [2.75, 3.05) is 23.6 Å². The molecule has 0 unspecified atom stereocenters. The van der Waals surface area contributed by atoms with Gasteiger partial charge in [0.05, 0.1) is 5.69 Å². The summed E-state index contributed by atoms with van der Waals surface area (Å²) >= 11 is 0. The van der Waals surface area contributed by atoms with Gasteiger partial charge in [-0.15, -0.1) is 0 Å². The molecule has 0 radical (unpaired) electrons. The summed E-state index contributed by atoms with van der Waals surface area (Å²) in [7, 11) is 1.92. The number of ketones is 1. The van der Waals surface area contributed by atoms with Crippen LogP contribution in [-0.2, 0) is 24.5 Å². The molecule has 7 heteroatoms. The predicted octanol–water partition coefficient (Wildman–Crippen LogP) is 3.59. The minimum Gasteiger partial charge on any atom is -0.453 e. The topological polar surface area (TPSA) is 79.3 Å². The number of amides is 1. The van der Waals surface area contributed by atoms with Gasteiger partial charge < -0.3 is 9.64 Å². The molecule has 4 rings (SSSR count). The minimum atomic E-state index is -0.687. The highest BCUT2D eigenvalue weighted by Crippen LogP contribution is 2.46. The Morgan fingerprint density at radius 2 is 1.75 bits per heavy atom. The Balaban J connectivity index is 1.44. The molecule has 2 aromatic rings. The largest absolute Gasteiger partial charge is 0.453 e. The first-order chi connectivity index (χ1) is 15.3. The fourth-order valence-corrected chi connectivity index (χ4v) is 4.14. The number of nitrogens with zero attached hydrogens (tertiary/aromatic N) is 3. The van der Waals surface area contributed by atoms with Crippen molar-refractivity contribution in [3.05, 3.63) is 71.9 Å². The van der Waals surface area contributed by atoms with Gasteiger partial charge in [-0.3, -0.25) is 9.59 Å². The van der Waals surface area contributed by atoms with Gasteiger partial charge in [-0.05, 0) is 23.8 Å². The molecule has 2 heterocycles. The highest BCUT2D eigenvalue weighted by atomic mass is 16.5. The molecule has 1 amide bonds. The van der Waals surface area contributed by atoms with Crippen molar-refractivity contribution in [1.29, 1.82) is 0 Å². The Kier molecular flexibility index (Phi) is 5.65. The molecular formula is C25H25N3O4. The van der Waals surface area contributed by atoms with Crippen molar-refractivity contribution in [2.45, 2.75) is 32.1 Å². The molecule has 0 bridgehead atoms. The second-order valence-electron chi connectivity index (χ2n) is 8.36. The van der Waals surface area contributed by atoms with Crippen LogP contribution in [-0.4, -0.2) is 37.0 Å². The van der Waals surface area contributed by atoms with Crippen molar-refractivity contribution < 1.29 is 19.1 Å². The number of carbonyl (C=O) groups excluding carboxylic acids is 3. The first kappa shape index (κ1) is 21.5. The fraction of sp³-hybridized carbons (Fsp3) is 0.280. The molecule has 2 aliphatic rings. The number of carbonyl (C=O) groups is 3. The first-order valence-electron chi connectivity index (χ1n) is 10.5. The maximum Gasteiger partial charge on any atom is 0.354 e. The van der Waals surface area contributed by atoms with E-state index >= 15 is 0 Å². The van der Waals surface area contributed by atoms with Gasteiger partial charge in [0.25, 0.3) is 0 Å². The molecule has 0 atom stereocenters. The number of ether oxygens (including phenoxy) is 1. The molecule has 0 aromatic heterocycles. The van der Waals surface area contributed by atoms with Gasteiger partial charge in [0.1, 0.15) is 5.71 Å². The number of fused-ring (bicyclic) bond motifs is 1. The van der Waals surface area contributed by atoms with Gasteiger partial charge in [-0.25, -0.2) is 9.80 Å². The zero-order chi connectivity index (χ0) is 22.9. The van der Waals surface area contributed by atoms with Crippen molar-refractivity contribution >= 4 is 34.7 Å². The van der Waals surface area contributed by atoms with Gasteiger partial charge in [0, 0.05) is 42.8 Å². The monoisotopic (exact) mass is 431 g/mol. The van der Waals surface area contributed by atoms with E-state index in [1.54, 1.807) is 24.3 Å². The van der Waals surface area contributed by atoms with E-state index in [-0.39, 0.29) is 42.3 Å². The molecule has 0 saturated carbocycles. The predicted molar refractivity (Wildman–Crippen MR) is 123 cm³/mol. The van der Waals surface area contributed by atoms with Crippen LogP contribution in [0.3, 0.4) is 0 Å². The van der Waals surface area contributed by atoms with Crippen molar-refractivity contribution in [3.8, 4) is 0 Å². The van der Waals surface area contributed by atoms with Gasteiger partial charge in [0.2, 0.25) is 5.91 Å². The fourth-order valence-electron chi connectivity index (χ4n) is 4.14. The first-order valence-corrected chi connectivity index (χ1v) is 10.5. The van der Waals surface area contributed by atoms with E-state index in [0.29, 0.717) is 5.69 Å². The third-order valence-corrected chi connectivity index (χ3v) is 5.85. The highest BCUT2D eigenvalue weighted by Gasteiger charge is 2.38. The van der Waals surface area contributed by atoms with E-state index in [1.807, 2.05) is 36.2 Å². The lowest BCUT2D eigenvalue weighted by molar-refractivity contribution is -0.140. The van der Waals surface area contributed by atoms with Crippen molar-refractivity contribution in [2.24, 2.45) is 5.10 Å². The number of hydrazone groups is 1. The number of allylic oxidation sites excluding steroid dienone is 1. The van der Waals surface area contributed by atoms with Crippen LogP contribution < -0.4 is 9.91 Å². The van der Waals surface area contributed by atoms with Crippen LogP contribution in [0.1, 0.15) is 32.3 Å². The average Bonchev–Trinajstić information content (AvgIpc) is 2.99. The average molecular weight is 431 g/mol. The van der Waals surface area contributed by atoms with Crippen molar-refractivity contribution in [1.82, 2.24) is 0 Å². The summed E-state index contributed by atoms with van der Waals surface area (Å²) in [5.74, 6) is -1.19. The molecule has 0 spiro atoms. The Bertz CT molecular complexity index is 1130. The second kappa shape index (κ2) is 8.42. The summed E-state index contributed by atoms with van der Waals surface area (Å²) < 4.78 is 5.23. The van der Waals surface area contributed by atoms with Crippen LogP contribution in [0, 0.1) is 0 Å². The van der Waals surface area contributed by atoms with Crippen molar-refractivity contribution in [3.63, 3.8) is 0 Å². The summed E-state index contributed by atoms with van der Waals surface area (Å²) in [5.41, 5.74) is 3.40. The number of hydrogen-bond acceptors (Lipinski definition) is 6. The zero-order valence-corrected chi connectivity index (χ0v) is 18.4. The molecule has 0 aliphatic carbocycles. The number of esters is 1. The van der Waals surface area contributed by atoms with Gasteiger partial charge in [0.15, 0.2) is 12.4 Å². The van der Waals surface area contributed by atoms with E-state index in [4.69, 9.17) is 4.74 Å². The summed E-state index contributed by atoms with van der Waals surface area (Å²) in [6, 6.07) is 16.9. The molecule has 164 valence electrons. The van der Waals surface area contributed by atoms with Crippen LogP contribution in [0.15, 0.2) is 71.5 Å². The quantitative estimate of drug-likeness (QED) is 0.534. The molecule has 7 nitrogen and oxygen atoms in total. The SMILES string of the molecule is CN1C(=CC(=O)COC(=O)C2=NN(c3ccccc3)C(=O)CC2)C(C)(C)c2ccccc21. The number of rotatable bonds is 5. The normalized spacial score (nSPS) is 18.4. The molecule has 32 heavy (non-hydrogen) atoms. The molecule has 0 saturated heterocycles. The molecular weight excluding hydrogens is 406 g/mol. The smallest absolute Gasteiger partial charge is 0.354 e. The Morgan fingerprint density at radius 3 is 2.47 bits per heavy atom. The summed E-state index contributed by atoms with van der Waals surface area (Å²) in [6.07, 6.45) is 1.87. The lowest BCUT2D eigenvalue weighted by Crippen LogP contribution is -2.35. The third-order valence-electron chi connectivity index (χ3n) is 5.85. The van der Waals surface area contributed by atoms with Crippen LogP contribution in [0.2, 0.25) is 0 Å².